The van der Waals surface area contributed by atoms with Gasteiger partial charge in [-0.25, -0.2) is 16.8 Å². The van der Waals surface area contributed by atoms with E-state index in [0.29, 0.717) is 24.5 Å². The molecule has 1 fully saturated rings. The van der Waals surface area contributed by atoms with Gasteiger partial charge in [-0.2, -0.15) is 4.31 Å². The first-order valence-corrected chi connectivity index (χ1v) is 15.0. The van der Waals surface area contributed by atoms with E-state index in [0.717, 1.165) is 34.7 Å². The summed E-state index contributed by atoms with van der Waals surface area (Å²) in [6.07, 6.45) is 2.71. The highest BCUT2D eigenvalue weighted by Gasteiger charge is 2.29. The number of amides is 1. The molecule has 8 nitrogen and oxygen atoms in total. The van der Waals surface area contributed by atoms with Crippen molar-refractivity contribution in [2.24, 2.45) is 0 Å². The second-order valence-electron chi connectivity index (χ2n) is 9.15. The number of rotatable bonds is 8. The molecule has 0 saturated carbocycles. The van der Waals surface area contributed by atoms with Crippen LogP contribution in [0.1, 0.15) is 30.4 Å². The van der Waals surface area contributed by atoms with E-state index in [1.54, 1.807) is 37.3 Å². The van der Waals surface area contributed by atoms with Gasteiger partial charge in [0.1, 0.15) is 6.54 Å². The van der Waals surface area contributed by atoms with Crippen LogP contribution in [0.5, 0.6) is 0 Å². The number of nitrogens with one attached hydrogen (secondary N) is 1. The van der Waals surface area contributed by atoms with Crippen molar-refractivity contribution in [2.75, 3.05) is 29.3 Å². The van der Waals surface area contributed by atoms with Gasteiger partial charge in [0.25, 0.3) is 10.0 Å². The molecule has 0 aliphatic carbocycles. The van der Waals surface area contributed by atoms with Crippen LogP contribution in [-0.4, -0.2) is 46.7 Å². The Balaban J connectivity index is 1.56. The van der Waals surface area contributed by atoms with Crippen molar-refractivity contribution in [3.8, 4) is 0 Å². The maximum absolute atomic E-state index is 13.5. The molecule has 0 atom stereocenters. The number of benzene rings is 3. The van der Waals surface area contributed by atoms with Gasteiger partial charge >= 0.3 is 0 Å². The molecule has 1 amide bonds. The second-order valence-corrected chi connectivity index (χ2v) is 13.0. The lowest BCUT2D eigenvalue weighted by Crippen LogP contribution is -2.38. The molecule has 1 aliphatic rings. The summed E-state index contributed by atoms with van der Waals surface area (Å²) in [7, 11) is -7.62. The summed E-state index contributed by atoms with van der Waals surface area (Å²) in [5, 5.41) is 2.70. The summed E-state index contributed by atoms with van der Waals surface area (Å²) in [6, 6.07) is 19.3. The average Bonchev–Trinajstić information content (AvgIpc) is 2.89. The third-order valence-corrected chi connectivity index (χ3v) is 10.0. The van der Waals surface area contributed by atoms with Crippen LogP contribution < -0.4 is 9.62 Å². The van der Waals surface area contributed by atoms with E-state index < -0.39 is 32.5 Å². The molecule has 10 heteroatoms. The largest absolute Gasteiger partial charge is 0.325 e. The fourth-order valence-electron chi connectivity index (χ4n) is 4.40. The normalized spacial score (nSPS) is 14.8. The predicted molar refractivity (Wildman–Crippen MR) is 145 cm³/mol. The number of nitrogens with zero attached hydrogens (tertiary/aromatic N) is 2. The number of piperidine rings is 1. The molecule has 0 spiro atoms. The Morgan fingerprint density at radius 2 is 1.49 bits per heavy atom. The fraction of sp³-hybridized carbons (Fsp3) is 0.296. The number of carbonyl (C=O) groups is 1. The summed E-state index contributed by atoms with van der Waals surface area (Å²) < 4.78 is 55.4. The predicted octanol–water partition coefficient (Wildman–Crippen LogP) is 4.31. The summed E-state index contributed by atoms with van der Waals surface area (Å²) >= 11 is 0. The zero-order valence-electron chi connectivity index (χ0n) is 20.9. The van der Waals surface area contributed by atoms with Crippen molar-refractivity contribution in [1.29, 1.82) is 0 Å². The van der Waals surface area contributed by atoms with Crippen LogP contribution in [0.15, 0.2) is 82.6 Å². The molecular weight excluding hydrogens is 510 g/mol. The number of aryl methyl sites for hydroxylation is 2. The molecule has 1 saturated heterocycles. The highest BCUT2D eigenvalue weighted by Crippen LogP contribution is 2.28. The van der Waals surface area contributed by atoms with Crippen molar-refractivity contribution >= 4 is 37.3 Å². The summed E-state index contributed by atoms with van der Waals surface area (Å²) in [5.41, 5.74) is 2.48. The summed E-state index contributed by atoms with van der Waals surface area (Å²) in [4.78, 5) is 13.3. The Kier molecular flexibility index (Phi) is 8.01. The minimum Gasteiger partial charge on any atom is -0.325 e. The van der Waals surface area contributed by atoms with Crippen molar-refractivity contribution in [2.45, 2.75) is 42.9 Å². The minimum atomic E-state index is -4.03. The molecule has 37 heavy (non-hydrogen) atoms. The van der Waals surface area contributed by atoms with E-state index in [2.05, 4.69) is 5.32 Å². The fourth-order valence-corrected chi connectivity index (χ4v) is 7.42. The molecule has 0 bridgehead atoms. The number of sulfonamides is 2. The molecule has 4 rings (SSSR count). The highest BCUT2D eigenvalue weighted by atomic mass is 32.2. The molecular formula is C27H31N3O5S2. The molecule has 1 aliphatic heterocycles. The van der Waals surface area contributed by atoms with Gasteiger partial charge in [0.2, 0.25) is 15.9 Å². The summed E-state index contributed by atoms with van der Waals surface area (Å²) in [6.45, 7) is 4.27. The molecule has 3 aromatic carbocycles. The van der Waals surface area contributed by atoms with Crippen LogP contribution in [0.4, 0.5) is 11.4 Å². The molecule has 3 aromatic rings. The van der Waals surface area contributed by atoms with Crippen molar-refractivity contribution in [3.05, 3.63) is 83.9 Å². The highest BCUT2D eigenvalue weighted by molar-refractivity contribution is 7.92. The average molecular weight is 542 g/mol. The number of hydrogen-bond donors (Lipinski definition) is 1. The third-order valence-electron chi connectivity index (χ3n) is 6.33. The van der Waals surface area contributed by atoms with E-state index >= 15 is 0 Å². The Hall–Kier alpha value is -3.21. The van der Waals surface area contributed by atoms with E-state index in [9.17, 15) is 21.6 Å². The molecule has 0 radical (unpaired) electrons. The molecule has 1 N–H and O–H groups in total. The van der Waals surface area contributed by atoms with Gasteiger partial charge in [-0.05, 0) is 74.7 Å². The van der Waals surface area contributed by atoms with Gasteiger partial charge in [-0.1, -0.05) is 42.3 Å². The van der Waals surface area contributed by atoms with Gasteiger partial charge in [-0.15, -0.1) is 0 Å². The maximum atomic E-state index is 13.5. The second kappa shape index (κ2) is 11.0. The van der Waals surface area contributed by atoms with Crippen molar-refractivity contribution in [3.63, 3.8) is 0 Å². The Labute approximate surface area is 219 Å². The SMILES string of the molecule is Cc1ccc(N(CC(=O)Nc2ccc(S(=O)(=O)N3CCCCC3)cc2)S(=O)(=O)c2ccccc2)c(C)c1. The molecule has 196 valence electrons. The topological polar surface area (TPSA) is 104 Å². The number of hydrogen-bond acceptors (Lipinski definition) is 5. The monoisotopic (exact) mass is 541 g/mol. The van der Waals surface area contributed by atoms with Crippen LogP contribution in [-0.2, 0) is 24.8 Å². The molecule has 0 unspecified atom stereocenters. The lowest BCUT2D eigenvalue weighted by Gasteiger charge is -2.26. The van der Waals surface area contributed by atoms with Crippen LogP contribution in [0, 0.1) is 13.8 Å². The van der Waals surface area contributed by atoms with Gasteiger partial charge in [-0.3, -0.25) is 9.10 Å². The smallest absolute Gasteiger partial charge is 0.264 e. The zero-order chi connectivity index (χ0) is 26.6. The summed E-state index contributed by atoms with van der Waals surface area (Å²) in [5.74, 6) is -0.550. The van der Waals surface area contributed by atoms with Crippen molar-refractivity contribution < 1.29 is 21.6 Å². The number of carbonyl (C=O) groups excluding carboxylic acids is 1. The lowest BCUT2D eigenvalue weighted by atomic mass is 10.1. The van der Waals surface area contributed by atoms with E-state index in [1.165, 1.54) is 40.7 Å². The van der Waals surface area contributed by atoms with E-state index in [4.69, 9.17) is 0 Å². The first kappa shape index (κ1) is 26.8. The minimum absolute atomic E-state index is 0.0787. The van der Waals surface area contributed by atoms with Gasteiger partial charge in [0.05, 0.1) is 15.5 Å². The standard InChI is InChI=1S/C27H31N3O5S2/c1-21-11-16-26(22(2)19-21)30(37(34,35)24-9-5-3-6-10-24)20-27(31)28-23-12-14-25(15-13-23)36(32,33)29-17-7-4-8-18-29/h3,5-6,9-16,19H,4,7-8,17-18,20H2,1-2H3,(H,28,31). The van der Waals surface area contributed by atoms with Crippen molar-refractivity contribution in [1.82, 2.24) is 4.31 Å². The first-order chi connectivity index (χ1) is 17.6. The first-order valence-electron chi connectivity index (χ1n) is 12.1. The van der Waals surface area contributed by atoms with Crippen LogP contribution in [0.25, 0.3) is 0 Å². The lowest BCUT2D eigenvalue weighted by molar-refractivity contribution is -0.114. The van der Waals surface area contributed by atoms with Gasteiger partial charge in [0, 0.05) is 18.8 Å². The van der Waals surface area contributed by atoms with Gasteiger partial charge < -0.3 is 5.32 Å². The molecule has 1 heterocycles. The quantitative estimate of drug-likeness (QED) is 0.458. The Morgan fingerprint density at radius 1 is 0.838 bits per heavy atom. The van der Waals surface area contributed by atoms with E-state index in [-0.39, 0.29) is 9.79 Å². The van der Waals surface area contributed by atoms with Crippen LogP contribution >= 0.6 is 0 Å². The Bertz CT molecular complexity index is 1470. The van der Waals surface area contributed by atoms with Crippen LogP contribution in [0.2, 0.25) is 0 Å². The zero-order valence-corrected chi connectivity index (χ0v) is 22.6. The Morgan fingerprint density at radius 3 is 2.11 bits per heavy atom. The van der Waals surface area contributed by atoms with Crippen LogP contribution in [0.3, 0.4) is 0 Å². The molecule has 0 aromatic heterocycles. The van der Waals surface area contributed by atoms with E-state index in [1.807, 2.05) is 13.0 Å². The number of anilines is 2. The third kappa shape index (κ3) is 6.03. The van der Waals surface area contributed by atoms with Gasteiger partial charge in [0.15, 0.2) is 0 Å². The maximum Gasteiger partial charge on any atom is 0.264 e.